The summed E-state index contributed by atoms with van der Waals surface area (Å²) in [6, 6.07) is 15.5. The molecule has 0 saturated carbocycles. The molecule has 0 fully saturated rings. The molecule has 0 aliphatic rings. The van der Waals surface area contributed by atoms with Gasteiger partial charge in [0.25, 0.3) is 0 Å². The molecule has 2 aromatic rings. The van der Waals surface area contributed by atoms with E-state index in [2.05, 4.69) is 6.92 Å². The topological polar surface area (TPSA) is 27.7 Å². The van der Waals surface area contributed by atoms with Crippen LogP contribution in [0, 0.1) is 6.92 Å². The fourth-order valence-electron chi connectivity index (χ4n) is 1.64. The molecule has 0 saturated heterocycles. The minimum absolute atomic E-state index is 0.501. The molecule has 0 atom stereocenters. The lowest BCUT2D eigenvalue weighted by molar-refractivity contribution is 0.216. The molecule has 2 rings (SSSR count). The molecule has 0 heterocycles. The van der Waals surface area contributed by atoms with E-state index in [1.165, 1.54) is 5.56 Å². The normalized spacial score (nSPS) is 10.0. The maximum absolute atomic E-state index is 5.59. The maximum Gasteiger partial charge on any atom is 0.123 e. The smallest absolute Gasteiger partial charge is 0.123 e. The van der Waals surface area contributed by atoms with Gasteiger partial charge in [0.1, 0.15) is 30.5 Å². The first kappa shape index (κ1) is 13.3. The van der Waals surface area contributed by atoms with E-state index < -0.39 is 0 Å². The van der Waals surface area contributed by atoms with E-state index in [4.69, 9.17) is 14.2 Å². The average Bonchev–Trinajstić information content (AvgIpc) is 2.46. The predicted molar refractivity (Wildman–Crippen MR) is 75.2 cm³/mol. The van der Waals surface area contributed by atoms with Crippen molar-refractivity contribution in [1.29, 1.82) is 0 Å². The molecule has 0 N–H and O–H groups in total. The van der Waals surface area contributed by atoms with Crippen LogP contribution in [0.1, 0.15) is 5.56 Å². The maximum atomic E-state index is 5.59. The fourth-order valence-corrected chi connectivity index (χ4v) is 1.64. The summed E-state index contributed by atoms with van der Waals surface area (Å²) in [5, 5.41) is 0. The van der Waals surface area contributed by atoms with Gasteiger partial charge in [-0.05, 0) is 31.2 Å². The zero-order valence-corrected chi connectivity index (χ0v) is 11.3. The van der Waals surface area contributed by atoms with E-state index in [0.717, 1.165) is 17.2 Å². The van der Waals surface area contributed by atoms with Gasteiger partial charge in [0, 0.05) is 6.07 Å². The summed E-state index contributed by atoms with van der Waals surface area (Å²) in [6.45, 7) is 3.07. The van der Waals surface area contributed by atoms with E-state index in [1.54, 1.807) is 7.11 Å². The molecule has 0 aliphatic heterocycles. The molecule has 2 aromatic carbocycles. The monoisotopic (exact) mass is 258 g/mol. The van der Waals surface area contributed by atoms with Crippen molar-refractivity contribution in [2.24, 2.45) is 0 Å². The largest absolute Gasteiger partial charge is 0.497 e. The van der Waals surface area contributed by atoms with Crippen molar-refractivity contribution in [3.8, 4) is 17.2 Å². The Morgan fingerprint density at radius 3 is 2.11 bits per heavy atom. The van der Waals surface area contributed by atoms with Gasteiger partial charge in [-0.3, -0.25) is 0 Å². The third kappa shape index (κ3) is 4.21. The van der Waals surface area contributed by atoms with Crippen LogP contribution in [0.4, 0.5) is 0 Å². The summed E-state index contributed by atoms with van der Waals surface area (Å²) in [5.41, 5.74) is 1.22. The van der Waals surface area contributed by atoms with Gasteiger partial charge in [-0.15, -0.1) is 0 Å². The van der Waals surface area contributed by atoms with Crippen LogP contribution in [0.15, 0.2) is 48.5 Å². The second-order valence-corrected chi connectivity index (χ2v) is 4.19. The highest BCUT2D eigenvalue weighted by Gasteiger charge is 1.97. The Bertz CT molecular complexity index is 506. The van der Waals surface area contributed by atoms with Crippen LogP contribution < -0.4 is 14.2 Å². The minimum atomic E-state index is 0.501. The van der Waals surface area contributed by atoms with Gasteiger partial charge in [0.05, 0.1) is 7.11 Å². The number of methoxy groups -OCH3 is 1. The predicted octanol–water partition coefficient (Wildman–Crippen LogP) is 3.46. The lowest BCUT2D eigenvalue weighted by Gasteiger charge is -2.09. The Labute approximate surface area is 113 Å². The number of ether oxygens (including phenoxy) is 3. The van der Waals surface area contributed by atoms with Gasteiger partial charge in [-0.2, -0.15) is 0 Å². The zero-order valence-electron chi connectivity index (χ0n) is 11.3. The molecule has 0 unspecified atom stereocenters. The van der Waals surface area contributed by atoms with Crippen molar-refractivity contribution < 1.29 is 14.2 Å². The van der Waals surface area contributed by atoms with Gasteiger partial charge in [0.15, 0.2) is 0 Å². The molecule has 3 nitrogen and oxygen atoms in total. The van der Waals surface area contributed by atoms with E-state index in [1.807, 2.05) is 48.5 Å². The Hall–Kier alpha value is -2.16. The number of rotatable bonds is 6. The van der Waals surface area contributed by atoms with Crippen molar-refractivity contribution in [1.82, 2.24) is 0 Å². The average molecular weight is 258 g/mol. The lowest BCUT2D eigenvalue weighted by atomic mass is 10.2. The second kappa shape index (κ2) is 6.69. The summed E-state index contributed by atoms with van der Waals surface area (Å²) in [7, 11) is 1.64. The first-order chi connectivity index (χ1) is 9.28. The molecule has 0 aliphatic carbocycles. The van der Waals surface area contributed by atoms with Crippen LogP contribution in [0.2, 0.25) is 0 Å². The second-order valence-electron chi connectivity index (χ2n) is 4.19. The molecular formula is C16H18O3. The number of hydrogen-bond acceptors (Lipinski definition) is 3. The third-order valence-corrected chi connectivity index (χ3v) is 2.68. The SMILES string of the molecule is COc1cccc(OCCOc2ccc(C)cc2)c1. The molecule has 0 aromatic heterocycles. The van der Waals surface area contributed by atoms with Crippen molar-refractivity contribution in [3.05, 3.63) is 54.1 Å². The Morgan fingerprint density at radius 1 is 0.789 bits per heavy atom. The van der Waals surface area contributed by atoms with E-state index >= 15 is 0 Å². The van der Waals surface area contributed by atoms with Crippen LogP contribution in [-0.2, 0) is 0 Å². The standard InChI is InChI=1S/C16H18O3/c1-13-6-8-14(9-7-13)18-10-11-19-16-5-3-4-15(12-16)17-2/h3-9,12H,10-11H2,1-2H3. The van der Waals surface area contributed by atoms with E-state index in [9.17, 15) is 0 Å². The van der Waals surface area contributed by atoms with Gasteiger partial charge < -0.3 is 14.2 Å². The van der Waals surface area contributed by atoms with E-state index in [0.29, 0.717) is 13.2 Å². The van der Waals surface area contributed by atoms with Crippen molar-refractivity contribution in [3.63, 3.8) is 0 Å². The summed E-state index contributed by atoms with van der Waals surface area (Å²) in [6.07, 6.45) is 0. The van der Waals surface area contributed by atoms with Crippen LogP contribution >= 0.6 is 0 Å². The highest BCUT2D eigenvalue weighted by Crippen LogP contribution is 2.18. The third-order valence-electron chi connectivity index (χ3n) is 2.68. The van der Waals surface area contributed by atoms with Crippen LogP contribution in [0.25, 0.3) is 0 Å². The minimum Gasteiger partial charge on any atom is -0.497 e. The van der Waals surface area contributed by atoms with Crippen LogP contribution in [0.5, 0.6) is 17.2 Å². The molecule has 0 radical (unpaired) electrons. The molecule has 0 bridgehead atoms. The van der Waals surface area contributed by atoms with Gasteiger partial charge in [-0.25, -0.2) is 0 Å². The molecule has 100 valence electrons. The van der Waals surface area contributed by atoms with E-state index in [-0.39, 0.29) is 0 Å². The number of hydrogen-bond donors (Lipinski definition) is 0. The highest BCUT2D eigenvalue weighted by molar-refractivity contribution is 5.32. The van der Waals surface area contributed by atoms with Crippen LogP contribution in [-0.4, -0.2) is 20.3 Å². The molecule has 3 heteroatoms. The Balaban J connectivity index is 1.75. The number of aryl methyl sites for hydroxylation is 1. The molecular weight excluding hydrogens is 240 g/mol. The zero-order chi connectivity index (χ0) is 13.5. The van der Waals surface area contributed by atoms with Gasteiger partial charge in [-0.1, -0.05) is 23.8 Å². The van der Waals surface area contributed by atoms with Crippen molar-refractivity contribution in [2.75, 3.05) is 20.3 Å². The first-order valence-corrected chi connectivity index (χ1v) is 6.24. The van der Waals surface area contributed by atoms with Gasteiger partial charge >= 0.3 is 0 Å². The summed E-state index contributed by atoms with van der Waals surface area (Å²) >= 11 is 0. The quantitative estimate of drug-likeness (QED) is 0.743. The molecule has 0 spiro atoms. The molecule has 0 amide bonds. The van der Waals surface area contributed by atoms with Gasteiger partial charge in [0.2, 0.25) is 0 Å². The summed E-state index contributed by atoms with van der Waals surface area (Å²) in [5.74, 6) is 2.43. The summed E-state index contributed by atoms with van der Waals surface area (Å²) in [4.78, 5) is 0. The summed E-state index contributed by atoms with van der Waals surface area (Å²) < 4.78 is 16.3. The van der Waals surface area contributed by atoms with Crippen molar-refractivity contribution in [2.45, 2.75) is 6.92 Å². The highest BCUT2D eigenvalue weighted by atomic mass is 16.5. The first-order valence-electron chi connectivity index (χ1n) is 6.24. The lowest BCUT2D eigenvalue weighted by Crippen LogP contribution is -2.08. The Kier molecular flexibility index (Phi) is 4.67. The molecule has 19 heavy (non-hydrogen) atoms. The van der Waals surface area contributed by atoms with Crippen molar-refractivity contribution >= 4 is 0 Å². The van der Waals surface area contributed by atoms with Crippen LogP contribution in [0.3, 0.4) is 0 Å². The Morgan fingerprint density at radius 2 is 1.42 bits per heavy atom. The fraction of sp³-hybridized carbons (Fsp3) is 0.250. The number of benzene rings is 2.